The van der Waals surface area contributed by atoms with Crippen molar-refractivity contribution in [3.63, 3.8) is 0 Å². The first kappa shape index (κ1) is 22.9. The van der Waals surface area contributed by atoms with Crippen LogP contribution in [0.15, 0.2) is 30.3 Å². The number of aliphatic hydroxyl groups excluding tert-OH is 1. The van der Waals surface area contributed by atoms with Gasteiger partial charge in [0.05, 0.1) is 6.10 Å². The van der Waals surface area contributed by atoms with Crippen LogP contribution >= 0.6 is 46.1 Å². The fourth-order valence-electron chi connectivity index (χ4n) is 4.37. The predicted molar refractivity (Wildman–Crippen MR) is 121 cm³/mol. The van der Waals surface area contributed by atoms with E-state index >= 15 is 0 Å². The summed E-state index contributed by atoms with van der Waals surface area (Å²) in [5, 5.41) is 20.8. The molecule has 3 rings (SSSR count). The van der Waals surface area contributed by atoms with Gasteiger partial charge < -0.3 is 10.2 Å². The van der Waals surface area contributed by atoms with E-state index in [9.17, 15) is 9.90 Å². The van der Waals surface area contributed by atoms with Crippen LogP contribution in [0.1, 0.15) is 52.2 Å². The number of carbonyl (C=O) groups is 1. The fourth-order valence-corrected chi connectivity index (χ4v) is 6.33. The number of rotatable bonds is 9. The first-order valence-electron chi connectivity index (χ1n) is 9.92. The SMILES string of the molecule is O=C(O)c1ccc(CCC[C@@H]2[C@H](CCCc3cc(Cl)cc(Cl)c3)[C@H](O)C[C@H]2Cl)s1. The monoisotopic (exact) mass is 474 g/mol. The number of aromatic carboxylic acids is 1. The molecular weight excluding hydrogens is 451 g/mol. The van der Waals surface area contributed by atoms with Crippen molar-refractivity contribution >= 4 is 52.1 Å². The van der Waals surface area contributed by atoms with Gasteiger partial charge in [0.1, 0.15) is 4.88 Å². The Kier molecular flexibility index (Phi) is 8.29. The quantitative estimate of drug-likeness (QED) is 0.397. The molecule has 0 unspecified atom stereocenters. The maximum Gasteiger partial charge on any atom is 0.345 e. The van der Waals surface area contributed by atoms with E-state index in [0.29, 0.717) is 21.3 Å². The van der Waals surface area contributed by atoms with Crippen molar-refractivity contribution in [3.05, 3.63) is 55.7 Å². The largest absolute Gasteiger partial charge is 0.477 e. The summed E-state index contributed by atoms with van der Waals surface area (Å²) in [5.41, 5.74) is 1.11. The van der Waals surface area contributed by atoms with E-state index in [4.69, 9.17) is 39.9 Å². The van der Waals surface area contributed by atoms with Gasteiger partial charge in [-0.3, -0.25) is 0 Å². The first-order chi connectivity index (χ1) is 13.8. The normalized spacial score (nSPS) is 24.1. The number of thiophene rings is 1. The molecule has 1 fully saturated rings. The van der Waals surface area contributed by atoms with E-state index in [2.05, 4.69) is 0 Å². The molecule has 0 saturated heterocycles. The van der Waals surface area contributed by atoms with Crippen LogP contribution in [0, 0.1) is 11.8 Å². The minimum Gasteiger partial charge on any atom is -0.477 e. The molecule has 7 heteroatoms. The lowest BCUT2D eigenvalue weighted by molar-refractivity contribution is 0.0702. The summed E-state index contributed by atoms with van der Waals surface area (Å²) in [6, 6.07) is 9.16. The third kappa shape index (κ3) is 6.35. The number of aliphatic hydroxyl groups is 1. The second kappa shape index (κ2) is 10.5. The smallest absolute Gasteiger partial charge is 0.345 e. The number of hydrogen-bond acceptors (Lipinski definition) is 3. The van der Waals surface area contributed by atoms with Crippen molar-refractivity contribution in [1.82, 2.24) is 0 Å². The maximum absolute atomic E-state index is 11.0. The summed E-state index contributed by atoms with van der Waals surface area (Å²) in [7, 11) is 0. The molecule has 1 aliphatic carbocycles. The van der Waals surface area contributed by atoms with E-state index < -0.39 is 5.97 Å². The van der Waals surface area contributed by atoms with Gasteiger partial charge in [-0.05, 0) is 92.7 Å². The van der Waals surface area contributed by atoms with Gasteiger partial charge in [0.25, 0.3) is 0 Å². The molecule has 2 N–H and O–H groups in total. The van der Waals surface area contributed by atoms with Gasteiger partial charge in [0, 0.05) is 20.3 Å². The highest BCUT2D eigenvalue weighted by molar-refractivity contribution is 7.13. The molecule has 0 amide bonds. The van der Waals surface area contributed by atoms with Crippen molar-refractivity contribution in [2.75, 3.05) is 0 Å². The van der Waals surface area contributed by atoms with Crippen LogP contribution in [0.3, 0.4) is 0 Å². The molecule has 2 aromatic rings. The predicted octanol–water partition coefficient (Wildman–Crippen LogP) is 6.70. The molecule has 158 valence electrons. The summed E-state index contributed by atoms with van der Waals surface area (Å²) >= 11 is 20.0. The van der Waals surface area contributed by atoms with Crippen LogP contribution in [-0.2, 0) is 12.8 Å². The zero-order valence-corrected chi connectivity index (χ0v) is 19.1. The molecule has 1 saturated carbocycles. The molecule has 0 radical (unpaired) electrons. The van der Waals surface area contributed by atoms with Crippen LogP contribution in [0.5, 0.6) is 0 Å². The first-order valence-corrected chi connectivity index (χ1v) is 11.9. The van der Waals surface area contributed by atoms with Gasteiger partial charge in [0.2, 0.25) is 0 Å². The molecule has 29 heavy (non-hydrogen) atoms. The third-order valence-corrected chi connectivity index (χ3v) is 7.81. The Balaban J connectivity index is 1.50. The van der Waals surface area contributed by atoms with Gasteiger partial charge in [-0.25, -0.2) is 4.79 Å². The maximum atomic E-state index is 11.0. The van der Waals surface area contributed by atoms with Crippen molar-refractivity contribution in [2.24, 2.45) is 11.8 Å². The zero-order chi connectivity index (χ0) is 21.0. The number of carboxylic acids is 1. The van der Waals surface area contributed by atoms with Crippen LogP contribution in [0.4, 0.5) is 0 Å². The molecule has 0 spiro atoms. The number of alkyl halides is 1. The minimum atomic E-state index is -0.873. The number of carboxylic acid groups (broad SMARTS) is 1. The highest BCUT2D eigenvalue weighted by atomic mass is 35.5. The van der Waals surface area contributed by atoms with E-state index in [-0.39, 0.29) is 23.3 Å². The van der Waals surface area contributed by atoms with Crippen molar-refractivity contribution in [1.29, 1.82) is 0 Å². The van der Waals surface area contributed by atoms with E-state index in [0.717, 1.165) is 49.0 Å². The van der Waals surface area contributed by atoms with Crippen molar-refractivity contribution < 1.29 is 15.0 Å². The Morgan fingerprint density at radius 1 is 1.03 bits per heavy atom. The lowest BCUT2D eigenvalue weighted by Gasteiger charge is -2.23. The highest BCUT2D eigenvalue weighted by Crippen LogP contribution is 2.42. The third-order valence-electron chi connectivity index (χ3n) is 5.73. The fraction of sp³-hybridized carbons (Fsp3) is 0.500. The van der Waals surface area contributed by atoms with Gasteiger partial charge >= 0.3 is 5.97 Å². The molecule has 0 aliphatic heterocycles. The van der Waals surface area contributed by atoms with E-state index in [1.807, 2.05) is 18.2 Å². The Morgan fingerprint density at radius 3 is 2.34 bits per heavy atom. The Morgan fingerprint density at radius 2 is 1.69 bits per heavy atom. The molecule has 1 aromatic heterocycles. The van der Waals surface area contributed by atoms with Crippen LogP contribution in [0.2, 0.25) is 10.0 Å². The summed E-state index contributed by atoms with van der Waals surface area (Å²) in [6.07, 6.45) is 5.76. The Bertz CT molecular complexity index is 818. The van der Waals surface area contributed by atoms with E-state index in [1.165, 1.54) is 11.3 Å². The lowest BCUT2D eigenvalue weighted by atomic mass is 9.85. The number of hydrogen-bond donors (Lipinski definition) is 2. The average molecular weight is 476 g/mol. The standard InChI is InChI=1S/C22H25Cl3O3S/c23-14-9-13(10-15(24)11-14)3-1-6-18-17(19(25)12-20(18)26)5-2-4-16-7-8-21(29-16)22(27)28/h7-11,17-20,26H,1-6,12H2,(H,27,28)/t17-,18+,19-,20-/m1/s1. The number of aryl methyl sites for hydroxylation is 2. The highest BCUT2D eigenvalue weighted by Gasteiger charge is 2.40. The van der Waals surface area contributed by atoms with Crippen molar-refractivity contribution in [2.45, 2.75) is 56.4 Å². The van der Waals surface area contributed by atoms with Crippen molar-refractivity contribution in [3.8, 4) is 0 Å². The van der Waals surface area contributed by atoms with E-state index in [1.54, 1.807) is 12.1 Å². The molecule has 3 nitrogen and oxygen atoms in total. The molecule has 0 bridgehead atoms. The second-order valence-corrected chi connectivity index (χ2v) is 10.4. The lowest BCUT2D eigenvalue weighted by Crippen LogP contribution is -2.21. The second-order valence-electron chi connectivity index (χ2n) is 7.78. The van der Waals surface area contributed by atoms with Gasteiger partial charge in [-0.1, -0.05) is 23.2 Å². The molecule has 1 aromatic carbocycles. The van der Waals surface area contributed by atoms with Crippen LogP contribution in [-0.4, -0.2) is 27.7 Å². The minimum absolute atomic E-state index is 0.00599. The van der Waals surface area contributed by atoms with Gasteiger partial charge in [0.15, 0.2) is 0 Å². The molecule has 1 aliphatic rings. The topological polar surface area (TPSA) is 57.5 Å². The summed E-state index contributed by atoms with van der Waals surface area (Å²) in [5.74, 6) is -0.388. The molecule has 1 heterocycles. The molecular formula is C22H25Cl3O3S. The zero-order valence-electron chi connectivity index (χ0n) is 16.0. The van der Waals surface area contributed by atoms with Gasteiger partial charge in [-0.15, -0.1) is 22.9 Å². The molecule has 4 atom stereocenters. The summed E-state index contributed by atoms with van der Waals surface area (Å²) in [6.45, 7) is 0. The Labute approximate surface area is 190 Å². The summed E-state index contributed by atoms with van der Waals surface area (Å²) < 4.78 is 0. The van der Waals surface area contributed by atoms with Crippen LogP contribution < -0.4 is 0 Å². The Hall–Kier alpha value is -0.780. The number of benzene rings is 1. The van der Waals surface area contributed by atoms with Gasteiger partial charge in [-0.2, -0.15) is 0 Å². The number of halogens is 3. The summed E-state index contributed by atoms with van der Waals surface area (Å²) in [4.78, 5) is 12.5. The van der Waals surface area contributed by atoms with Crippen LogP contribution in [0.25, 0.3) is 0 Å². The average Bonchev–Trinajstić information content (AvgIpc) is 3.20.